The van der Waals surface area contributed by atoms with E-state index in [1.54, 1.807) is 30.3 Å². The van der Waals surface area contributed by atoms with E-state index in [9.17, 15) is 9.59 Å². The first-order valence-electron chi connectivity index (χ1n) is 17.6. The van der Waals surface area contributed by atoms with Gasteiger partial charge in [0.2, 0.25) is 0 Å². The number of benzene rings is 3. The van der Waals surface area contributed by atoms with E-state index in [0.717, 1.165) is 66.7 Å². The van der Waals surface area contributed by atoms with E-state index in [4.69, 9.17) is 14.2 Å². The molecule has 254 valence electrons. The molecule has 1 aromatic heterocycles. The number of carbonyl (C=O) groups is 2. The maximum atomic E-state index is 12.9. The number of hydrogen-bond acceptors (Lipinski definition) is 6. The van der Waals surface area contributed by atoms with Gasteiger partial charge in [-0.05, 0) is 89.4 Å². The third kappa shape index (κ3) is 11.8. The van der Waals surface area contributed by atoms with Gasteiger partial charge in [0.25, 0.3) is 0 Å². The number of thiophene rings is 1. The molecule has 1 atom stereocenters. The first-order valence-corrected chi connectivity index (χ1v) is 18.5. The summed E-state index contributed by atoms with van der Waals surface area (Å²) < 4.78 is 17.2. The molecule has 0 N–H and O–H groups in total. The summed E-state index contributed by atoms with van der Waals surface area (Å²) in [7, 11) is 0. The van der Waals surface area contributed by atoms with Crippen LogP contribution in [0.25, 0.3) is 22.3 Å². The van der Waals surface area contributed by atoms with Crippen LogP contribution in [0, 0.1) is 0 Å². The average Bonchev–Trinajstić information content (AvgIpc) is 3.62. The highest BCUT2D eigenvalue weighted by Crippen LogP contribution is 2.29. The van der Waals surface area contributed by atoms with E-state index >= 15 is 0 Å². The Bertz CT molecular complexity index is 1540. The number of carbonyl (C=O) groups excluding carboxylic acids is 2. The molecule has 1 heterocycles. The minimum Gasteiger partial charge on any atom is -0.494 e. The number of unbranched alkanes of at least 4 members (excludes halogenated alkanes) is 9. The molecule has 0 fully saturated rings. The molecule has 0 bridgehead atoms. The number of rotatable bonds is 21. The summed E-state index contributed by atoms with van der Waals surface area (Å²) in [5.41, 5.74) is 4.39. The fourth-order valence-electron chi connectivity index (χ4n) is 5.46. The van der Waals surface area contributed by atoms with Crippen LogP contribution in [0.15, 0.2) is 96.9 Å². The molecule has 0 radical (unpaired) electrons. The van der Waals surface area contributed by atoms with Gasteiger partial charge in [0.05, 0.1) is 12.2 Å². The highest BCUT2D eigenvalue weighted by molar-refractivity contribution is 7.12. The highest BCUT2D eigenvalue weighted by atomic mass is 32.1. The molecule has 3 aromatic carbocycles. The van der Waals surface area contributed by atoms with Crippen molar-refractivity contribution in [3.05, 3.63) is 107 Å². The van der Waals surface area contributed by atoms with Crippen LogP contribution < -0.4 is 9.47 Å². The Balaban J connectivity index is 1.22. The Morgan fingerprint density at radius 1 is 0.667 bits per heavy atom. The van der Waals surface area contributed by atoms with Crippen LogP contribution in [0.2, 0.25) is 0 Å². The smallest absolute Gasteiger partial charge is 0.353 e. The van der Waals surface area contributed by atoms with Gasteiger partial charge in [0, 0.05) is 0 Å². The number of esters is 2. The SMILES string of the molecule is C=C[C@@H](CCCCC)OC(=O)c1ccc(-c2ccc(OC(=O)c3cc(-c4ccc(OCCCCCCCCCC)cc4)cs3)cc2)cc1. The zero-order chi connectivity index (χ0) is 34.0. The van der Waals surface area contributed by atoms with Crippen molar-refractivity contribution < 1.29 is 23.8 Å². The summed E-state index contributed by atoms with van der Waals surface area (Å²) in [5.74, 6) is 0.598. The standard InChI is InChI=1S/C42H50O5S/c1-4-7-9-10-11-12-13-15-29-45-38-25-21-34(22-26-38)36-30-40(48-31-36)42(44)47-39-27-23-33(24-28-39)32-17-19-35(20-18-32)41(43)46-37(6-3)16-14-8-5-2/h6,17-28,30-31,37H,3-5,7-16,29H2,1-2H3/t37-/m0/s1. The Hall–Kier alpha value is -4.16. The van der Waals surface area contributed by atoms with Gasteiger partial charge in [-0.1, -0.05) is 121 Å². The second-order valence-electron chi connectivity index (χ2n) is 12.2. The molecule has 0 unspecified atom stereocenters. The lowest BCUT2D eigenvalue weighted by Crippen LogP contribution is -2.16. The molecule has 5 nitrogen and oxygen atoms in total. The van der Waals surface area contributed by atoms with Gasteiger partial charge in [-0.3, -0.25) is 0 Å². The Labute approximate surface area is 291 Å². The summed E-state index contributed by atoms with van der Waals surface area (Å²) >= 11 is 1.37. The van der Waals surface area contributed by atoms with E-state index in [1.807, 2.05) is 60.0 Å². The molecule has 48 heavy (non-hydrogen) atoms. The van der Waals surface area contributed by atoms with Gasteiger partial charge in [-0.25, -0.2) is 9.59 Å². The van der Waals surface area contributed by atoms with E-state index in [2.05, 4.69) is 20.4 Å². The van der Waals surface area contributed by atoms with Gasteiger partial charge < -0.3 is 14.2 Å². The molecular formula is C42H50O5S. The summed E-state index contributed by atoms with van der Waals surface area (Å²) in [4.78, 5) is 26.1. The highest BCUT2D eigenvalue weighted by Gasteiger charge is 2.15. The van der Waals surface area contributed by atoms with Gasteiger partial charge in [-0.15, -0.1) is 11.3 Å². The van der Waals surface area contributed by atoms with Crippen LogP contribution >= 0.6 is 11.3 Å². The maximum absolute atomic E-state index is 12.9. The lowest BCUT2D eigenvalue weighted by molar-refractivity contribution is 0.0376. The van der Waals surface area contributed by atoms with Crippen LogP contribution in [-0.4, -0.2) is 24.6 Å². The predicted molar refractivity (Wildman–Crippen MR) is 198 cm³/mol. The normalized spacial score (nSPS) is 11.5. The quantitative estimate of drug-likeness (QED) is 0.0383. The van der Waals surface area contributed by atoms with Crippen molar-refractivity contribution in [2.75, 3.05) is 6.61 Å². The second kappa shape index (κ2) is 20.3. The molecule has 4 rings (SSSR count). The molecule has 6 heteroatoms. The number of ether oxygens (including phenoxy) is 3. The Morgan fingerprint density at radius 3 is 1.83 bits per heavy atom. The van der Waals surface area contributed by atoms with Crippen molar-refractivity contribution in [1.82, 2.24) is 0 Å². The topological polar surface area (TPSA) is 61.8 Å². The van der Waals surface area contributed by atoms with Crippen molar-refractivity contribution in [3.63, 3.8) is 0 Å². The van der Waals surface area contributed by atoms with Crippen LogP contribution in [0.1, 0.15) is 111 Å². The summed E-state index contributed by atoms with van der Waals surface area (Å²) in [5, 5.41) is 1.97. The van der Waals surface area contributed by atoms with Crippen LogP contribution in [0.4, 0.5) is 0 Å². The average molecular weight is 667 g/mol. The number of hydrogen-bond donors (Lipinski definition) is 0. The monoisotopic (exact) mass is 666 g/mol. The minimum atomic E-state index is -0.389. The first kappa shape index (κ1) is 36.7. The van der Waals surface area contributed by atoms with Crippen molar-refractivity contribution in [2.45, 2.75) is 97.0 Å². The fraction of sp³-hybridized carbons (Fsp3) is 0.381. The van der Waals surface area contributed by atoms with Crippen LogP contribution in [0.5, 0.6) is 11.5 Å². The van der Waals surface area contributed by atoms with Crippen molar-refractivity contribution in [3.8, 4) is 33.8 Å². The van der Waals surface area contributed by atoms with Crippen LogP contribution in [-0.2, 0) is 4.74 Å². The molecule has 0 aliphatic heterocycles. The van der Waals surface area contributed by atoms with Gasteiger partial charge in [0.15, 0.2) is 0 Å². The summed E-state index contributed by atoms with van der Waals surface area (Å²) in [6.45, 7) is 8.94. The minimum absolute atomic E-state index is 0.277. The van der Waals surface area contributed by atoms with Crippen molar-refractivity contribution in [1.29, 1.82) is 0 Å². The lowest BCUT2D eigenvalue weighted by Gasteiger charge is -2.14. The molecule has 0 aliphatic carbocycles. The maximum Gasteiger partial charge on any atom is 0.353 e. The predicted octanol–water partition coefficient (Wildman–Crippen LogP) is 12.1. The van der Waals surface area contributed by atoms with E-state index in [0.29, 0.717) is 16.2 Å². The molecule has 0 amide bonds. The summed E-state index contributed by atoms with van der Waals surface area (Å²) in [6.07, 6.45) is 15.7. The molecule has 0 aliphatic rings. The van der Waals surface area contributed by atoms with Crippen molar-refractivity contribution in [2.24, 2.45) is 0 Å². The van der Waals surface area contributed by atoms with Crippen molar-refractivity contribution >= 4 is 23.3 Å². The molecule has 0 saturated heterocycles. The molecular weight excluding hydrogens is 617 g/mol. The lowest BCUT2D eigenvalue weighted by atomic mass is 10.0. The molecule has 4 aromatic rings. The third-order valence-electron chi connectivity index (χ3n) is 8.39. The largest absolute Gasteiger partial charge is 0.494 e. The van der Waals surface area contributed by atoms with E-state index < -0.39 is 0 Å². The molecule has 0 saturated carbocycles. The van der Waals surface area contributed by atoms with E-state index in [-0.39, 0.29) is 18.0 Å². The van der Waals surface area contributed by atoms with E-state index in [1.165, 1.54) is 56.3 Å². The first-order chi connectivity index (χ1) is 23.5. The fourth-order valence-corrected chi connectivity index (χ4v) is 6.25. The third-order valence-corrected chi connectivity index (χ3v) is 9.30. The van der Waals surface area contributed by atoms with Crippen LogP contribution in [0.3, 0.4) is 0 Å². The summed E-state index contributed by atoms with van der Waals surface area (Å²) in [6, 6.07) is 24.6. The molecule has 0 spiro atoms. The zero-order valence-corrected chi connectivity index (χ0v) is 29.4. The zero-order valence-electron chi connectivity index (χ0n) is 28.6. The van der Waals surface area contributed by atoms with Gasteiger partial charge in [0.1, 0.15) is 22.5 Å². The van der Waals surface area contributed by atoms with Gasteiger partial charge >= 0.3 is 11.9 Å². The Morgan fingerprint density at radius 2 is 1.21 bits per heavy atom. The Kier molecular flexibility index (Phi) is 15.5. The second-order valence-corrected chi connectivity index (χ2v) is 13.1. The van der Waals surface area contributed by atoms with Gasteiger partial charge in [-0.2, -0.15) is 0 Å².